The molecule has 0 saturated carbocycles. The van der Waals surface area contributed by atoms with E-state index in [0.717, 1.165) is 0 Å². The maximum Gasteiger partial charge on any atom is 0.410 e. The first kappa shape index (κ1) is 25.9. The predicted octanol–water partition coefficient (Wildman–Crippen LogP) is 2.37. The minimum absolute atomic E-state index is 0.0623. The molecule has 1 amide bonds. The summed E-state index contributed by atoms with van der Waals surface area (Å²) in [6.45, 7) is 2.97. The minimum atomic E-state index is -4.13. The van der Waals surface area contributed by atoms with Crippen LogP contribution in [-0.4, -0.2) is 44.7 Å². The quantitative estimate of drug-likeness (QED) is 0.394. The highest BCUT2D eigenvalue weighted by molar-refractivity contribution is 7.95. The lowest BCUT2D eigenvalue weighted by molar-refractivity contribution is -0.763. The average Bonchev–Trinajstić information content (AvgIpc) is 3.23. The lowest BCUT2D eigenvalue weighted by Crippen LogP contribution is -2.40. The van der Waals surface area contributed by atoms with E-state index in [0.29, 0.717) is 22.5 Å². The van der Waals surface area contributed by atoms with Gasteiger partial charge in [0.15, 0.2) is 9.84 Å². The van der Waals surface area contributed by atoms with Gasteiger partial charge >= 0.3 is 6.09 Å². The Hall–Kier alpha value is -2.75. The minimum Gasteiger partial charge on any atom is -0.445 e. The number of ether oxygens (including phenoxy) is 1. The smallest absolute Gasteiger partial charge is 0.410 e. The van der Waals surface area contributed by atoms with Gasteiger partial charge in [-0.1, -0.05) is 24.3 Å². The number of carbonyl (C=O) groups excluding carboxylic acids is 1. The van der Waals surface area contributed by atoms with E-state index in [2.05, 4.69) is 4.84 Å². The Morgan fingerprint density at radius 3 is 2.53 bits per heavy atom. The molecule has 0 saturated heterocycles. The van der Waals surface area contributed by atoms with Crippen LogP contribution in [0.5, 0.6) is 0 Å². The van der Waals surface area contributed by atoms with Crippen molar-refractivity contribution in [3.63, 3.8) is 0 Å². The second-order valence-electron chi connectivity index (χ2n) is 7.62. The third-order valence-corrected chi connectivity index (χ3v) is 10.6. The van der Waals surface area contributed by atoms with Crippen LogP contribution in [0.2, 0.25) is 0 Å². The summed E-state index contributed by atoms with van der Waals surface area (Å²) in [5, 5.41) is 13.8. The maximum atomic E-state index is 12.9. The first-order valence-electron chi connectivity index (χ1n) is 10.0. The molecule has 2 atom stereocenters. The number of amides is 1. The second-order valence-corrected chi connectivity index (χ2v) is 13.0. The van der Waals surface area contributed by atoms with E-state index in [4.69, 9.17) is 9.88 Å². The van der Waals surface area contributed by atoms with E-state index in [1.807, 2.05) is 0 Å². The molecule has 2 aromatic rings. The van der Waals surface area contributed by atoms with Crippen LogP contribution >= 0.6 is 11.3 Å². The zero-order valence-electron chi connectivity index (χ0n) is 18.2. The normalized spacial score (nSPS) is 19.1. The summed E-state index contributed by atoms with van der Waals surface area (Å²) in [5.41, 5.74) is 1.29. The zero-order valence-corrected chi connectivity index (χ0v) is 20.7. The van der Waals surface area contributed by atoms with Gasteiger partial charge in [-0.15, -0.1) is 21.5 Å². The van der Waals surface area contributed by atoms with Gasteiger partial charge in [-0.2, -0.15) is 0 Å². The second kappa shape index (κ2) is 9.85. The number of rotatable bonds is 8. The molecule has 2 heterocycles. The molecule has 0 bridgehead atoms. The van der Waals surface area contributed by atoms with Gasteiger partial charge in [0.2, 0.25) is 10.0 Å². The predicted molar refractivity (Wildman–Crippen MR) is 120 cm³/mol. The van der Waals surface area contributed by atoms with E-state index in [1.54, 1.807) is 31.2 Å². The van der Waals surface area contributed by atoms with E-state index in [1.165, 1.54) is 17.9 Å². The first-order chi connectivity index (χ1) is 15.8. The number of fused-ring (bicyclic) bond motifs is 1. The van der Waals surface area contributed by atoms with Crippen molar-refractivity contribution in [2.24, 2.45) is 5.14 Å². The van der Waals surface area contributed by atoms with Crippen LogP contribution in [0, 0.1) is 10.1 Å². The molecule has 1 unspecified atom stereocenters. The van der Waals surface area contributed by atoms with E-state index in [-0.39, 0.29) is 40.2 Å². The fourth-order valence-electron chi connectivity index (χ4n) is 3.65. The number of nitrogens with two attached hydrogens (primary N) is 1. The Kier molecular flexibility index (Phi) is 7.50. The summed E-state index contributed by atoms with van der Waals surface area (Å²) < 4.78 is 54.3. The third-order valence-electron chi connectivity index (χ3n) is 5.33. The number of hydrogen-bond donors (Lipinski definition) is 1. The van der Waals surface area contributed by atoms with Gasteiger partial charge in [0.1, 0.15) is 21.6 Å². The Morgan fingerprint density at radius 2 is 1.94 bits per heavy atom. The van der Waals surface area contributed by atoms with E-state index >= 15 is 0 Å². The number of primary sulfonamides is 1. The Balaban J connectivity index is 1.82. The van der Waals surface area contributed by atoms with Crippen LogP contribution < -0.4 is 5.14 Å². The van der Waals surface area contributed by atoms with Crippen molar-refractivity contribution in [3.05, 3.63) is 57.1 Å². The fourth-order valence-corrected chi connectivity index (χ4v) is 8.04. The van der Waals surface area contributed by atoms with E-state index in [9.17, 15) is 31.7 Å². The lowest BCUT2D eigenvalue weighted by Gasteiger charge is -2.35. The Bertz CT molecular complexity index is 1310. The van der Waals surface area contributed by atoms with Crippen LogP contribution in [0.1, 0.15) is 43.0 Å². The molecule has 0 aliphatic carbocycles. The highest BCUT2D eigenvalue weighted by Crippen LogP contribution is 2.45. The molecule has 34 heavy (non-hydrogen) atoms. The number of sulfonamides is 1. The Morgan fingerprint density at radius 1 is 1.29 bits per heavy atom. The summed E-state index contributed by atoms with van der Waals surface area (Å²) in [5.74, 6) is 0. The van der Waals surface area contributed by atoms with Crippen molar-refractivity contribution in [1.82, 2.24) is 4.90 Å². The molecule has 15 heteroatoms. The highest BCUT2D eigenvalue weighted by atomic mass is 32.3. The van der Waals surface area contributed by atoms with Crippen LogP contribution in [0.4, 0.5) is 4.79 Å². The van der Waals surface area contributed by atoms with Gasteiger partial charge in [-0.25, -0.2) is 26.8 Å². The monoisotopic (exact) mass is 533 g/mol. The maximum absolute atomic E-state index is 12.9. The van der Waals surface area contributed by atoms with Crippen molar-refractivity contribution in [3.8, 4) is 0 Å². The molecule has 0 fully saturated rings. The topological polar surface area (TPSA) is 176 Å². The third kappa shape index (κ3) is 5.48. The number of benzene rings is 1. The number of sulfone groups is 1. The highest BCUT2D eigenvalue weighted by Gasteiger charge is 2.42. The summed E-state index contributed by atoms with van der Waals surface area (Å²) >= 11 is 0.575. The average molecular weight is 534 g/mol. The summed E-state index contributed by atoms with van der Waals surface area (Å²) in [4.78, 5) is 29.0. The zero-order chi connectivity index (χ0) is 25.3. The summed E-state index contributed by atoms with van der Waals surface area (Å²) in [7, 11) is -7.91. The van der Waals surface area contributed by atoms with Gasteiger partial charge in [0.25, 0.3) is 5.09 Å². The van der Waals surface area contributed by atoms with Crippen LogP contribution in [0.3, 0.4) is 0 Å². The SMILES string of the molecule is CCN(C(=O)OCc1cccc(CO[N+](=O)[O-])c1)[C@H]1CC(C)S(=O)(=O)c2sc(S(N)(=O)=O)cc21. The molecule has 0 radical (unpaired) electrons. The summed E-state index contributed by atoms with van der Waals surface area (Å²) in [6.07, 6.45) is -0.660. The van der Waals surface area contributed by atoms with Gasteiger partial charge in [0, 0.05) is 12.1 Å². The van der Waals surface area contributed by atoms with Gasteiger partial charge in [-0.05, 0) is 37.5 Å². The molecule has 2 N–H and O–H groups in total. The largest absolute Gasteiger partial charge is 0.445 e. The van der Waals surface area contributed by atoms with Crippen molar-refractivity contribution < 1.29 is 36.3 Å². The van der Waals surface area contributed by atoms with Gasteiger partial charge in [0.05, 0.1) is 11.3 Å². The van der Waals surface area contributed by atoms with Crippen molar-refractivity contribution >= 4 is 37.3 Å². The standard InChI is InChI=1S/C19H23N3O9S3/c1-3-21(19(23)30-10-13-5-4-6-14(8-13)11-31-22(24)25)16-7-12(2)33(26,27)18-15(16)9-17(32-18)34(20,28)29/h4-6,8-9,12,16H,3,7,10-11H2,1-2H3,(H2,20,28,29)/t12?,16-/m0/s1. The summed E-state index contributed by atoms with van der Waals surface area (Å²) in [6, 6.07) is 7.01. The number of nitrogens with zero attached hydrogens (tertiary/aromatic N) is 2. The first-order valence-corrected chi connectivity index (χ1v) is 13.9. The number of carbonyl (C=O) groups is 1. The van der Waals surface area contributed by atoms with Crippen LogP contribution in [0.15, 0.2) is 38.8 Å². The number of hydrogen-bond acceptors (Lipinski definition) is 10. The van der Waals surface area contributed by atoms with Crippen molar-refractivity contribution in [2.75, 3.05) is 6.54 Å². The molecule has 1 aliphatic rings. The lowest BCUT2D eigenvalue weighted by atomic mass is 10.0. The molecule has 1 aliphatic heterocycles. The van der Waals surface area contributed by atoms with E-state index < -0.39 is 42.3 Å². The fraction of sp³-hybridized carbons (Fsp3) is 0.421. The molecule has 0 spiro atoms. The van der Waals surface area contributed by atoms with Crippen molar-refractivity contribution in [2.45, 2.75) is 53.2 Å². The van der Waals surface area contributed by atoms with Crippen LogP contribution in [-0.2, 0) is 42.6 Å². The molecular formula is C19H23N3O9S3. The molecular weight excluding hydrogens is 510 g/mol. The van der Waals surface area contributed by atoms with Crippen molar-refractivity contribution in [1.29, 1.82) is 0 Å². The molecule has 1 aromatic carbocycles. The number of thiophene rings is 1. The molecule has 186 valence electrons. The Labute approximate surface area is 200 Å². The molecule has 1 aromatic heterocycles. The molecule has 12 nitrogen and oxygen atoms in total. The van der Waals surface area contributed by atoms with Gasteiger partial charge in [-0.3, -0.25) is 0 Å². The molecule has 3 rings (SSSR count). The van der Waals surface area contributed by atoms with Gasteiger partial charge < -0.3 is 14.5 Å². The van der Waals surface area contributed by atoms with Crippen LogP contribution in [0.25, 0.3) is 0 Å².